The molecule has 94 valence electrons. The minimum Gasteiger partial charge on any atom is -0.493 e. The molecular formula is C15H15BrO2. The number of halogens is 1. The number of alkyl halides is 1. The molecule has 2 aromatic rings. The summed E-state index contributed by atoms with van der Waals surface area (Å²) in [6.07, 6.45) is 0. The Bertz CT molecular complexity index is 497. The Hall–Kier alpha value is -1.48. The van der Waals surface area contributed by atoms with Crippen molar-refractivity contribution in [2.45, 2.75) is 11.9 Å². The second-order valence-corrected chi connectivity index (χ2v) is 4.42. The molecule has 0 radical (unpaired) electrons. The quantitative estimate of drug-likeness (QED) is 0.772. The summed E-state index contributed by atoms with van der Waals surface area (Å²) >= 11 is 3.44. The van der Waals surface area contributed by atoms with Crippen LogP contribution in [0.4, 0.5) is 0 Å². The minimum atomic E-state index is 0.545. The van der Waals surface area contributed by atoms with Gasteiger partial charge in [0.1, 0.15) is 6.61 Å². The van der Waals surface area contributed by atoms with Crippen molar-refractivity contribution in [1.29, 1.82) is 0 Å². The van der Waals surface area contributed by atoms with E-state index >= 15 is 0 Å². The summed E-state index contributed by atoms with van der Waals surface area (Å²) in [5.74, 6) is 1.57. The van der Waals surface area contributed by atoms with Crippen LogP contribution in [0.5, 0.6) is 11.5 Å². The third-order valence-electron chi connectivity index (χ3n) is 2.65. The summed E-state index contributed by atoms with van der Waals surface area (Å²) in [5.41, 5.74) is 2.23. The van der Waals surface area contributed by atoms with Gasteiger partial charge in [-0.2, -0.15) is 0 Å². The second kappa shape index (κ2) is 6.45. The molecule has 0 fully saturated rings. The highest BCUT2D eigenvalue weighted by Crippen LogP contribution is 2.32. The Labute approximate surface area is 116 Å². The molecule has 0 N–H and O–H groups in total. The maximum absolute atomic E-state index is 5.81. The van der Waals surface area contributed by atoms with Crippen molar-refractivity contribution in [1.82, 2.24) is 0 Å². The van der Waals surface area contributed by atoms with E-state index in [0.29, 0.717) is 6.61 Å². The molecule has 2 aromatic carbocycles. The van der Waals surface area contributed by atoms with Crippen molar-refractivity contribution in [3.8, 4) is 11.5 Å². The monoisotopic (exact) mass is 306 g/mol. The predicted molar refractivity (Wildman–Crippen MR) is 76.4 cm³/mol. The average Bonchev–Trinajstić information content (AvgIpc) is 2.45. The van der Waals surface area contributed by atoms with Gasteiger partial charge in [0.2, 0.25) is 0 Å². The number of benzene rings is 2. The largest absolute Gasteiger partial charge is 0.493 e. The number of hydrogen-bond donors (Lipinski definition) is 0. The molecule has 0 amide bonds. The lowest BCUT2D eigenvalue weighted by Gasteiger charge is -2.13. The Morgan fingerprint density at radius 3 is 2.44 bits per heavy atom. The highest BCUT2D eigenvalue weighted by molar-refractivity contribution is 9.08. The van der Waals surface area contributed by atoms with E-state index in [-0.39, 0.29) is 0 Å². The van der Waals surface area contributed by atoms with Gasteiger partial charge in [-0.15, -0.1) is 0 Å². The third kappa shape index (κ3) is 3.05. The van der Waals surface area contributed by atoms with Gasteiger partial charge in [0.05, 0.1) is 7.11 Å². The summed E-state index contributed by atoms with van der Waals surface area (Å²) in [4.78, 5) is 0. The maximum Gasteiger partial charge on any atom is 0.164 e. The van der Waals surface area contributed by atoms with Crippen molar-refractivity contribution in [3.05, 3.63) is 59.7 Å². The average molecular weight is 307 g/mol. The van der Waals surface area contributed by atoms with Crippen molar-refractivity contribution in [2.24, 2.45) is 0 Å². The SMILES string of the molecule is COc1c(CBr)cccc1OCc1ccccc1. The number of rotatable bonds is 5. The zero-order chi connectivity index (χ0) is 12.8. The molecule has 2 nitrogen and oxygen atoms in total. The summed E-state index contributed by atoms with van der Waals surface area (Å²) in [6, 6.07) is 16.0. The molecule has 0 atom stereocenters. The zero-order valence-electron chi connectivity index (χ0n) is 10.2. The van der Waals surface area contributed by atoms with E-state index in [9.17, 15) is 0 Å². The second-order valence-electron chi connectivity index (χ2n) is 3.86. The van der Waals surface area contributed by atoms with Crippen LogP contribution in [0.1, 0.15) is 11.1 Å². The molecule has 0 aromatic heterocycles. The van der Waals surface area contributed by atoms with Crippen LogP contribution >= 0.6 is 15.9 Å². The van der Waals surface area contributed by atoms with E-state index in [0.717, 1.165) is 28.0 Å². The highest BCUT2D eigenvalue weighted by Gasteiger charge is 2.09. The molecule has 0 bridgehead atoms. The van der Waals surface area contributed by atoms with Crippen LogP contribution in [0, 0.1) is 0 Å². The van der Waals surface area contributed by atoms with Gasteiger partial charge in [-0.1, -0.05) is 58.4 Å². The van der Waals surface area contributed by atoms with E-state index in [1.165, 1.54) is 0 Å². The van der Waals surface area contributed by atoms with Crippen LogP contribution in [0.3, 0.4) is 0 Å². The molecule has 18 heavy (non-hydrogen) atoms. The molecular weight excluding hydrogens is 292 g/mol. The van der Waals surface area contributed by atoms with Crippen molar-refractivity contribution in [2.75, 3.05) is 7.11 Å². The van der Waals surface area contributed by atoms with Gasteiger partial charge in [-0.25, -0.2) is 0 Å². The van der Waals surface area contributed by atoms with Gasteiger partial charge in [-0.3, -0.25) is 0 Å². The van der Waals surface area contributed by atoms with Crippen molar-refractivity contribution >= 4 is 15.9 Å². The normalized spacial score (nSPS) is 10.1. The van der Waals surface area contributed by atoms with Crippen LogP contribution in [0.15, 0.2) is 48.5 Å². The molecule has 0 saturated heterocycles. The fraction of sp³-hybridized carbons (Fsp3) is 0.200. The first-order chi connectivity index (χ1) is 8.85. The van der Waals surface area contributed by atoms with Crippen LogP contribution in [-0.2, 0) is 11.9 Å². The predicted octanol–water partition coefficient (Wildman–Crippen LogP) is 4.17. The van der Waals surface area contributed by atoms with Crippen molar-refractivity contribution < 1.29 is 9.47 Å². The minimum absolute atomic E-state index is 0.545. The molecule has 0 aliphatic rings. The van der Waals surface area contributed by atoms with Crippen LogP contribution in [0.25, 0.3) is 0 Å². The molecule has 0 unspecified atom stereocenters. The molecule has 0 heterocycles. The third-order valence-corrected chi connectivity index (χ3v) is 3.25. The molecule has 0 aliphatic heterocycles. The maximum atomic E-state index is 5.81. The summed E-state index contributed by atoms with van der Waals surface area (Å²) in [6.45, 7) is 0.545. The zero-order valence-corrected chi connectivity index (χ0v) is 11.8. The lowest BCUT2D eigenvalue weighted by Crippen LogP contribution is -1.99. The Balaban J connectivity index is 2.14. The Morgan fingerprint density at radius 2 is 1.78 bits per heavy atom. The fourth-order valence-electron chi connectivity index (χ4n) is 1.75. The Kier molecular flexibility index (Phi) is 4.65. The Morgan fingerprint density at radius 1 is 1.00 bits per heavy atom. The first kappa shape index (κ1) is 13.0. The van der Waals surface area contributed by atoms with E-state index in [1.807, 2.05) is 48.5 Å². The summed E-state index contributed by atoms with van der Waals surface area (Å²) < 4.78 is 11.2. The number of hydrogen-bond acceptors (Lipinski definition) is 2. The van der Waals surface area contributed by atoms with Gasteiger partial charge < -0.3 is 9.47 Å². The lowest BCUT2D eigenvalue weighted by atomic mass is 10.2. The lowest BCUT2D eigenvalue weighted by molar-refractivity contribution is 0.283. The molecule has 0 saturated carbocycles. The van der Waals surface area contributed by atoms with E-state index in [4.69, 9.17) is 9.47 Å². The van der Waals surface area contributed by atoms with Gasteiger partial charge in [0, 0.05) is 10.9 Å². The van der Waals surface area contributed by atoms with Gasteiger partial charge in [0.25, 0.3) is 0 Å². The van der Waals surface area contributed by atoms with Gasteiger partial charge >= 0.3 is 0 Å². The topological polar surface area (TPSA) is 18.5 Å². The summed E-state index contributed by atoms with van der Waals surface area (Å²) in [7, 11) is 1.66. The van der Waals surface area contributed by atoms with E-state index in [1.54, 1.807) is 7.11 Å². The summed E-state index contributed by atoms with van der Waals surface area (Å²) in [5, 5.41) is 0.749. The standard InChI is InChI=1S/C15H15BrO2/c1-17-15-13(10-16)8-5-9-14(15)18-11-12-6-3-2-4-7-12/h2-9H,10-11H2,1H3. The first-order valence-electron chi connectivity index (χ1n) is 5.73. The number of methoxy groups -OCH3 is 1. The van der Waals surface area contributed by atoms with Crippen molar-refractivity contribution in [3.63, 3.8) is 0 Å². The van der Waals surface area contributed by atoms with Crippen LogP contribution in [-0.4, -0.2) is 7.11 Å². The van der Waals surface area contributed by atoms with E-state index < -0.39 is 0 Å². The molecule has 0 aliphatic carbocycles. The number of ether oxygens (including phenoxy) is 2. The molecule has 3 heteroatoms. The number of para-hydroxylation sites is 1. The van der Waals surface area contributed by atoms with Gasteiger partial charge in [0.15, 0.2) is 11.5 Å². The first-order valence-corrected chi connectivity index (χ1v) is 6.86. The smallest absolute Gasteiger partial charge is 0.164 e. The highest BCUT2D eigenvalue weighted by atomic mass is 79.9. The fourth-order valence-corrected chi connectivity index (χ4v) is 2.19. The van der Waals surface area contributed by atoms with Crippen LogP contribution < -0.4 is 9.47 Å². The van der Waals surface area contributed by atoms with Crippen LogP contribution in [0.2, 0.25) is 0 Å². The van der Waals surface area contributed by atoms with E-state index in [2.05, 4.69) is 15.9 Å². The molecule has 2 rings (SSSR count). The molecule has 0 spiro atoms. The van der Waals surface area contributed by atoms with Gasteiger partial charge in [-0.05, 0) is 11.6 Å².